The molecule has 0 radical (unpaired) electrons. The van der Waals surface area contributed by atoms with Gasteiger partial charge in [0.25, 0.3) is 0 Å². The van der Waals surface area contributed by atoms with Crippen LogP contribution in [-0.4, -0.2) is 53.7 Å². The first kappa shape index (κ1) is 25.2. The summed E-state index contributed by atoms with van der Waals surface area (Å²) in [6.07, 6.45) is 2.79. The number of carbonyl (C=O) groups is 2. The number of nitrogens with zero attached hydrogens (tertiary/aromatic N) is 3. The third kappa shape index (κ3) is 5.03. The molecule has 1 aliphatic carbocycles. The number of nitriles is 1. The molecule has 0 spiro atoms. The number of halogens is 2. The molecule has 7 nitrogen and oxygen atoms in total. The summed E-state index contributed by atoms with van der Waals surface area (Å²) in [5.74, 6) is -1.33. The van der Waals surface area contributed by atoms with Crippen molar-refractivity contribution in [3.63, 3.8) is 0 Å². The quantitative estimate of drug-likeness (QED) is 0.608. The van der Waals surface area contributed by atoms with Crippen molar-refractivity contribution < 1.29 is 23.1 Å². The van der Waals surface area contributed by atoms with E-state index in [-0.39, 0.29) is 5.92 Å². The number of ether oxygens (including phenoxy) is 1. The van der Waals surface area contributed by atoms with Gasteiger partial charge in [-0.05, 0) is 67.9 Å². The van der Waals surface area contributed by atoms with E-state index in [4.69, 9.17) is 4.74 Å². The van der Waals surface area contributed by atoms with Gasteiger partial charge in [-0.3, -0.25) is 4.90 Å². The number of urea groups is 1. The van der Waals surface area contributed by atoms with Gasteiger partial charge in [0.15, 0.2) is 11.6 Å². The Hall–Kier alpha value is -3.51. The number of cyclic esters (lactones) is 1. The summed E-state index contributed by atoms with van der Waals surface area (Å²) in [4.78, 5) is 28.7. The van der Waals surface area contributed by atoms with Crippen LogP contribution in [0.5, 0.6) is 0 Å². The molecule has 2 saturated heterocycles. The van der Waals surface area contributed by atoms with Crippen molar-refractivity contribution in [3.05, 3.63) is 70.8 Å². The molecular formula is C28H30F2N4O3. The fourth-order valence-corrected chi connectivity index (χ4v) is 5.99. The van der Waals surface area contributed by atoms with Crippen LogP contribution in [0.4, 0.5) is 18.4 Å². The number of hydrogen-bond donors (Lipinski definition) is 1. The number of nitrogens with one attached hydrogen (secondary N) is 1. The van der Waals surface area contributed by atoms with Gasteiger partial charge in [0.05, 0.1) is 11.6 Å². The van der Waals surface area contributed by atoms with Gasteiger partial charge in [0.1, 0.15) is 12.1 Å². The maximum atomic E-state index is 13.8. The minimum Gasteiger partial charge on any atom is -0.443 e. The summed E-state index contributed by atoms with van der Waals surface area (Å²) < 4.78 is 32.4. The standard InChI is InChI=1S/C28H30F2N4O3/c1-17-26(20-8-11-24(29)25(30)12-20)34(28(36)37-17)27(35)32-14-18-15-33(16-18)22-9-6-19(7-10-22)23-5-3-2-4-21(23)13-31/h2-5,8,11-12,17-19,22,26H,6-7,9-10,14-16H2,1H3,(H,32,35). The summed E-state index contributed by atoms with van der Waals surface area (Å²) >= 11 is 0. The first-order valence-corrected chi connectivity index (χ1v) is 12.8. The van der Waals surface area contributed by atoms with Crippen LogP contribution in [0.3, 0.4) is 0 Å². The highest BCUT2D eigenvalue weighted by atomic mass is 19.2. The average Bonchev–Trinajstić information content (AvgIpc) is 3.18. The molecule has 3 amide bonds. The zero-order valence-corrected chi connectivity index (χ0v) is 20.7. The minimum atomic E-state index is -1.04. The van der Waals surface area contributed by atoms with E-state index in [1.807, 2.05) is 18.2 Å². The third-order valence-electron chi connectivity index (χ3n) is 7.97. The molecule has 2 atom stereocenters. The molecule has 2 aromatic rings. The monoisotopic (exact) mass is 508 g/mol. The first-order valence-electron chi connectivity index (χ1n) is 12.8. The van der Waals surface area contributed by atoms with E-state index < -0.39 is 35.9 Å². The molecule has 5 rings (SSSR count). The van der Waals surface area contributed by atoms with E-state index in [1.165, 1.54) is 6.07 Å². The van der Waals surface area contributed by atoms with Crippen LogP contribution in [0.15, 0.2) is 42.5 Å². The molecule has 0 aromatic heterocycles. The lowest BCUT2D eigenvalue weighted by Crippen LogP contribution is -2.56. The fraction of sp³-hybridized carbons (Fsp3) is 0.464. The second-order valence-electron chi connectivity index (χ2n) is 10.3. The zero-order chi connectivity index (χ0) is 26.1. The Morgan fingerprint density at radius 1 is 1.11 bits per heavy atom. The van der Waals surface area contributed by atoms with Crippen molar-refractivity contribution in [1.82, 2.24) is 15.1 Å². The lowest BCUT2D eigenvalue weighted by Gasteiger charge is -2.47. The van der Waals surface area contributed by atoms with Crippen LogP contribution in [0, 0.1) is 28.9 Å². The zero-order valence-electron chi connectivity index (χ0n) is 20.7. The van der Waals surface area contributed by atoms with Gasteiger partial charge in [0, 0.05) is 31.6 Å². The molecule has 2 aliphatic heterocycles. The van der Waals surface area contributed by atoms with E-state index in [1.54, 1.807) is 6.92 Å². The van der Waals surface area contributed by atoms with Crippen molar-refractivity contribution in [1.29, 1.82) is 5.26 Å². The highest BCUT2D eigenvalue weighted by molar-refractivity contribution is 5.93. The summed E-state index contributed by atoms with van der Waals surface area (Å²) in [6, 6.07) is 12.6. The van der Waals surface area contributed by atoms with E-state index in [0.717, 1.165) is 66.9 Å². The average molecular weight is 509 g/mol. The molecule has 1 saturated carbocycles. The van der Waals surface area contributed by atoms with Gasteiger partial charge < -0.3 is 10.1 Å². The molecule has 0 bridgehead atoms. The van der Waals surface area contributed by atoms with Crippen molar-refractivity contribution in [2.24, 2.45) is 5.92 Å². The first-order chi connectivity index (χ1) is 17.9. The SMILES string of the molecule is CC1OC(=O)N(C(=O)NCC2CN(C3CCC(c4ccccc4C#N)CC3)C2)C1c1ccc(F)c(F)c1. The maximum absolute atomic E-state index is 13.8. The number of likely N-dealkylation sites (tertiary alicyclic amines) is 1. The van der Waals surface area contributed by atoms with Gasteiger partial charge in [-0.15, -0.1) is 0 Å². The Labute approximate surface area is 215 Å². The smallest absolute Gasteiger partial charge is 0.419 e. The molecule has 9 heteroatoms. The molecule has 37 heavy (non-hydrogen) atoms. The number of hydrogen-bond acceptors (Lipinski definition) is 5. The fourth-order valence-electron chi connectivity index (χ4n) is 5.99. The van der Waals surface area contributed by atoms with Crippen LogP contribution in [0.25, 0.3) is 0 Å². The second kappa shape index (κ2) is 10.5. The summed E-state index contributed by atoms with van der Waals surface area (Å²) in [6.45, 7) is 3.78. The van der Waals surface area contributed by atoms with Gasteiger partial charge in [-0.2, -0.15) is 5.26 Å². The molecule has 3 aliphatic rings. The third-order valence-corrected chi connectivity index (χ3v) is 7.97. The van der Waals surface area contributed by atoms with Gasteiger partial charge in [-0.1, -0.05) is 24.3 Å². The van der Waals surface area contributed by atoms with E-state index >= 15 is 0 Å². The predicted molar refractivity (Wildman–Crippen MR) is 131 cm³/mol. The summed E-state index contributed by atoms with van der Waals surface area (Å²) in [5.41, 5.74) is 2.23. The maximum Gasteiger partial charge on any atom is 0.419 e. The van der Waals surface area contributed by atoms with Gasteiger partial charge in [0.2, 0.25) is 0 Å². The predicted octanol–water partition coefficient (Wildman–Crippen LogP) is 5.09. The topological polar surface area (TPSA) is 85.7 Å². The molecule has 2 heterocycles. The largest absolute Gasteiger partial charge is 0.443 e. The second-order valence-corrected chi connectivity index (χ2v) is 10.3. The van der Waals surface area contributed by atoms with E-state index in [0.29, 0.717) is 24.1 Å². The Balaban J connectivity index is 1.10. The number of carbonyl (C=O) groups excluding carboxylic acids is 2. The van der Waals surface area contributed by atoms with Crippen molar-refractivity contribution in [2.75, 3.05) is 19.6 Å². The van der Waals surface area contributed by atoms with E-state index in [2.05, 4.69) is 22.4 Å². The van der Waals surface area contributed by atoms with Crippen LogP contribution < -0.4 is 5.32 Å². The lowest BCUT2D eigenvalue weighted by molar-refractivity contribution is 0.0334. The molecule has 194 valence electrons. The Morgan fingerprint density at radius 3 is 2.54 bits per heavy atom. The number of imide groups is 1. The Bertz CT molecular complexity index is 1220. The van der Waals surface area contributed by atoms with Crippen molar-refractivity contribution in [3.8, 4) is 6.07 Å². The summed E-state index contributed by atoms with van der Waals surface area (Å²) in [5, 5.41) is 12.2. The molecule has 2 aromatic carbocycles. The highest BCUT2D eigenvalue weighted by Gasteiger charge is 2.45. The lowest BCUT2D eigenvalue weighted by atomic mass is 9.78. The van der Waals surface area contributed by atoms with Crippen LogP contribution in [0.1, 0.15) is 61.3 Å². The molecular weight excluding hydrogens is 478 g/mol. The number of benzene rings is 2. The van der Waals surface area contributed by atoms with Crippen LogP contribution >= 0.6 is 0 Å². The number of amides is 3. The van der Waals surface area contributed by atoms with E-state index in [9.17, 15) is 23.6 Å². The van der Waals surface area contributed by atoms with Crippen molar-refractivity contribution >= 4 is 12.1 Å². The Kier molecular flexibility index (Phi) is 7.11. The van der Waals surface area contributed by atoms with Crippen LogP contribution in [-0.2, 0) is 4.74 Å². The summed E-state index contributed by atoms with van der Waals surface area (Å²) in [7, 11) is 0. The van der Waals surface area contributed by atoms with Crippen molar-refractivity contribution in [2.45, 2.75) is 56.7 Å². The molecule has 3 fully saturated rings. The van der Waals surface area contributed by atoms with Gasteiger partial charge >= 0.3 is 12.1 Å². The Morgan fingerprint density at radius 2 is 1.84 bits per heavy atom. The van der Waals surface area contributed by atoms with Gasteiger partial charge in [-0.25, -0.2) is 23.3 Å². The molecule has 2 unspecified atom stereocenters. The minimum absolute atomic E-state index is 0.277. The highest BCUT2D eigenvalue weighted by Crippen LogP contribution is 2.38. The molecule has 1 N–H and O–H groups in total. The number of rotatable bonds is 5. The normalized spacial score (nSPS) is 26.3. The van der Waals surface area contributed by atoms with Crippen LogP contribution in [0.2, 0.25) is 0 Å².